The van der Waals surface area contributed by atoms with Crippen LogP contribution in [0.15, 0.2) is 17.0 Å². The molecule has 1 saturated heterocycles. The molecule has 9 heteroatoms. The van der Waals surface area contributed by atoms with Crippen molar-refractivity contribution < 1.29 is 31.4 Å². The molecule has 0 saturated carbocycles. The van der Waals surface area contributed by atoms with E-state index in [2.05, 4.69) is 9.46 Å². The SMILES string of the molecule is COc1cc(F)c(S(=O)(=O)NCC2(C)OCCO2)c(F)c1. The van der Waals surface area contributed by atoms with E-state index in [1.807, 2.05) is 0 Å². The fourth-order valence-corrected chi connectivity index (χ4v) is 3.10. The number of hydrogen-bond donors (Lipinski definition) is 1. The van der Waals surface area contributed by atoms with Crippen LogP contribution in [-0.4, -0.2) is 41.1 Å². The maximum Gasteiger partial charge on any atom is 0.246 e. The Hall–Kier alpha value is -1.29. The van der Waals surface area contributed by atoms with E-state index < -0.39 is 32.3 Å². The number of sulfonamides is 1. The van der Waals surface area contributed by atoms with Gasteiger partial charge in [0.25, 0.3) is 0 Å². The second-order valence-electron chi connectivity index (χ2n) is 4.58. The lowest BCUT2D eigenvalue weighted by atomic mass is 10.3. The Bertz CT molecular complexity index is 606. The lowest BCUT2D eigenvalue weighted by Crippen LogP contribution is -2.41. The quantitative estimate of drug-likeness (QED) is 0.875. The van der Waals surface area contributed by atoms with Gasteiger partial charge in [-0.15, -0.1) is 0 Å². The average molecular weight is 323 g/mol. The molecule has 0 amide bonds. The molecule has 21 heavy (non-hydrogen) atoms. The first kappa shape index (κ1) is 16.1. The zero-order chi connectivity index (χ0) is 15.7. The molecular weight excluding hydrogens is 308 g/mol. The lowest BCUT2D eigenvalue weighted by molar-refractivity contribution is -0.135. The normalized spacial score (nSPS) is 17.9. The van der Waals surface area contributed by atoms with E-state index in [9.17, 15) is 17.2 Å². The molecule has 0 bridgehead atoms. The van der Waals surface area contributed by atoms with Crippen molar-refractivity contribution in [1.29, 1.82) is 0 Å². The molecule has 0 aromatic heterocycles. The van der Waals surface area contributed by atoms with Gasteiger partial charge in [-0.05, 0) is 6.92 Å². The van der Waals surface area contributed by atoms with E-state index in [1.54, 1.807) is 0 Å². The smallest absolute Gasteiger partial charge is 0.246 e. The minimum atomic E-state index is -4.39. The van der Waals surface area contributed by atoms with E-state index in [0.29, 0.717) is 13.2 Å². The second kappa shape index (κ2) is 5.84. The Balaban J connectivity index is 2.23. The third kappa shape index (κ3) is 3.49. The van der Waals surface area contributed by atoms with Crippen LogP contribution in [0.3, 0.4) is 0 Å². The largest absolute Gasteiger partial charge is 0.497 e. The number of rotatable bonds is 5. The number of ether oxygens (including phenoxy) is 3. The zero-order valence-electron chi connectivity index (χ0n) is 11.5. The molecule has 1 heterocycles. The van der Waals surface area contributed by atoms with E-state index >= 15 is 0 Å². The van der Waals surface area contributed by atoms with Crippen LogP contribution in [0.25, 0.3) is 0 Å². The van der Waals surface area contributed by atoms with Crippen LogP contribution >= 0.6 is 0 Å². The summed E-state index contributed by atoms with van der Waals surface area (Å²) in [6, 6.07) is 1.59. The third-order valence-electron chi connectivity index (χ3n) is 2.96. The third-order valence-corrected chi connectivity index (χ3v) is 4.41. The Morgan fingerprint density at radius 1 is 1.29 bits per heavy atom. The fraction of sp³-hybridized carbons (Fsp3) is 0.500. The van der Waals surface area contributed by atoms with E-state index in [4.69, 9.17) is 9.47 Å². The van der Waals surface area contributed by atoms with Crippen LogP contribution in [0.4, 0.5) is 8.78 Å². The van der Waals surface area contributed by atoms with Crippen molar-refractivity contribution in [3.8, 4) is 5.75 Å². The molecule has 1 aromatic rings. The molecule has 1 N–H and O–H groups in total. The summed E-state index contributed by atoms with van der Waals surface area (Å²) in [5.74, 6) is -3.74. The number of methoxy groups -OCH3 is 1. The Morgan fingerprint density at radius 3 is 2.29 bits per heavy atom. The Kier molecular flexibility index (Phi) is 4.47. The summed E-state index contributed by atoms with van der Waals surface area (Å²) in [7, 11) is -3.17. The monoisotopic (exact) mass is 323 g/mol. The number of benzene rings is 1. The topological polar surface area (TPSA) is 73.9 Å². The highest BCUT2D eigenvalue weighted by atomic mass is 32.2. The lowest BCUT2D eigenvalue weighted by Gasteiger charge is -2.22. The molecular formula is C12H15F2NO5S. The molecule has 0 radical (unpaired) electrons. The van der Waals surface area contributed by atoms with Crippen molar-refractivity contribution in [2.75, 3.05) is 26.9 Å². The van der Waals surface area contributed by atoms with E-state index in [-0.39, 0.29) is 12.3 Å². The first-order valence-electron chi connectivity index (χ1n) is 6.08. The van der Waals surface area contributed by atoms with Crippen LogP contribution < -0.4 is 9.46 Å². The highest BCUT2D eigenvalue weighted by Gasteiger charge is 2.34. The number of nitrogens with one attached hydrogen (secondary N) is 1. The predicted molar refractivity (Wildman–Crippen MR) is 68.4 cm³/mol. The van der Waals surface area contributed by atoms with Gasteiger partial charge in [-0.1, -0.05) is 0 Å². The van der Waals surface area contributed by atoms with Crippen molar-refractivity contribution >= 4 is 10.0 Å². The molecule has 1 fully saturated rings. The molecule has 1 aromatic carbocycles. The van der Waals surface area contributed by atoms with Gasteiger partial charge >= 0.3 is 0 Å². The summed E-state index contributed by atoms with van der Waals surface area (Å²) in [6.45, 7) is 1.91. The summed E-state index contributed by atoms with van der Waals surface area (Å²) in [5, 5.41) is 0. The average Bonchev–Trinajstić information content (AvgIpc) is 2.83. The molecule has 0 atom stereocenters. The highest BCUT2D eigenvalue weighted by Crippen LogP contribution is 2.25. The summed E-state index contributed by atoms with van der Waals surface area (Å²) in [5.41, 5.74) is 0. The van der Waals surface area contributed by atoms with Gasteiger partial charge < -0.3 is 14.2 Å². The van der Waals surface area contributed by atoms with E-state index in [0.717, 1.165) is 12.1 Å². The molecule has 1 aliphatic heterocycles. The van der Waals surface area contributed by atoms with Gasteiger partial charge in [0, 0.05) is 12.1 Å². The molecule has 118 valence electrons. The van der Waals surface area contributed by atoms with Gasteiger partial charge in [-0.3, -0.25) is 0 Å². The maximum absolute atomic E-state index is 13.8. The molecule has 6 nitrogen and oxygen atoms in total. The number of hydrogen-bond acceptors (Lipinski definition) is 5. The molecule has 0 spiro atoms. The van der Waals surface area contributed by atoms with E-state index in [1.165, 1.54) is 14.0 Å². The van der Waals surface area contributed by atoms with Gasteiger partial charge in [0.15, 0.2) is 10.7 Å². The first-order valence-corrected chi connectivity index (χ1v) is 7.56. The van der Waals surface area contributed by atoms with Crippen molar-refractivity contribution in [2.24, 2.45) is 0 Å². The molecule has 0 unspecified atom stereocenters. The van der Waals surface area contributed by atoms with Gasteiger partial charge in [0.2, 0.25) is 10.0 Å². The second-order valence-corrected chi connectivity index (χ2v) is 6.28. The van der Waals surface area contributed by atoms with Crippen LogP contribution in [0.1, 0.15) is 6.92 Å². The van der Waals surface area contributed by atoms with Gasteiger partial charge in [-0.2, -0.15) is 0 Å². The summed E-state index contributed by atoms with van der Waals surface area (Å²) >= 11 is 0. The first-order chi connectivity index (χ1) is 9.77. The molecule has 1 aliphatic rings. The molecule has 2 rings (SSSR count). The Labute approximate surface area is 121 Å². The van der Waals surface area contributed by atoms with Crippen LogP contribution in [-0.2, 0) is 19.5 Å². The standard InChI is InChI=1S/C12H15F2NO5S/c1-12(19-3-4-20-12)7-15-21(16,17)11-9(13)5-8(18-2)6-10(11)14/h5-6,15H,3-4,7H2,1-2H3. The minimum Gasteiger partial charge on any atom is -0.497 e. The van der Waals surface area contributed by atoms with Crippen molar-refractivity contribution in [3.05, 3.63) is 23.8 Å². The predicted octanol–water partition coefficient (Wildman–Crippen LogP) is 1.01. The summed E-state index contributed by atoms with van der Waals surface area (Å²) < 4.78 is 68.8. The van der Waals surface area contributed by atoms with Gasteiger partial charge in [0.1, 0.15) is 17.4 Å². The maximum atomic E-state index is 13.8. The van der Waals surface area contributed by atoms with Crippen molar-refractivity contribution in [2.45, 2.75) is 17.6 Å². The molecule has 0 aliphatic carbocycles. The van der Waals surface area contributed by atoms with Crippen molar-refractivity contribution in [1.82, 2.24) is 4.72 Å². The summed E-state index contributed by atoms with van der Waals surface area (Å²) in [4.78, 5) is -1.06. The Morgan fingerprint density at radius 2 is 1.81 bits per heavy atom. The van der Waals surface area contributed by atoms with Crippen molar-refractivity contribution in [3.63, 3.8) is 0 Å². The minimum absolute atomic E-state index is 0.113. The fourth-order valence-electron chi connectivity index (χ4n) is 1.87. The number of halogens is 2. The zero-order valence-corrected chi connectivity index (χ0v) is 12.3. The van der Waals surface area contributed by atoms with Crippen LogP contribution in [0.5, 0.6) is 5.75 Å². The highest BCUT2D eigenvalue weighted by molar-refractivity contribution is 7.89. The summed E-state index contributed by atoms with van der Waals surface area (Å²) in [6.07, 6.45) is 0. The van der Waals surface area contributed by atoms with Gasteiger partial charge in [-0.25, -0.2) is 21.9 Å². The van der Waals surface area contributed by atoms with Crippen LogP contribution in [0, 0.1) is 11.6 Å². The van der Waals surface area contributed by atoms with Crippen LogP contribution in [0.2, 0.25) is 0 Å². The van der Waals surface area contributed by atoms with Gasteiger partial charge in [0.05, 0.1) is 26.9 Å².